The second kappa shape index (κ2) is 4.31. The zero-order chi connectivity index (χ0) is 14.4. The Morgan fingerprint density at radius 1 is 1.00 bits per heavy atom. The Morgan fingerprint density at radius 3 is 2.62 bits per heavy atom. The van der Waals surface area contributed by atoms with Crippen LogP contribution in [0.4, 0.5) is 0 Å². The molecule has 0 bridgehead atoms. The van der Waals surface area contributed by atoms with Crippen LogP contribution in [-0.2, 0) is 0 Å². The van der Waals surface area contributed by atoms with Gasteiger partial charge in [0.15, 0.2) is 0 Å². The zero-order valence-electron chi connectivity index (χ0n) is 11.5. The fraction of sp³-hybridized carbons (Fsp3) is 0.0588. The maximum absolute atomic E-state index is 12.6. The highest BCUT2D eigenvalue weighted by atomic mass is 16.1. The van der Waals surface area contributed by atoms with Gasteiger partial charge in [0.2, 0.25) is 0 Å². The summed E-state index contributed by atoms with van der Waals surface area (Å²) in [7, 11) is 0. The van der Waals surface area contributed by atoms with Gasteiger partial charge in [0.25, 0.3) is 5.56 Å². The maximum Gasteiger partial charge on any atom is 0.280 e. The van der Waals surface area contributed by atoms with Crippen LogP contribution < -0.4 is 5.56 Å². The Bertz CT molecular complexity index is 1030. The van der Waals surface area contributed by atoms with E-state index >= 15 is 0 Å². The molecule has 0 saturated carbocycles. The lowest BCUT2D eigenvalue weighted by Gasteiger charge is -2.04. The van der Waals surface area contributed by atoms with Gasteiger partial charge in [-0.1, -0.05) is 36.4 Å². The van der Waals surface area contributed by atoms with E-state index in [1.807, 2.05) is 55.5 Å². The van der Waals surface area contributed by atoms with Crippen LogP contribution in [0.25, 0.3) is 27.5 Å². The average molecular weight is 275 g/mol. The van der Waals surface area contributed by atoms with Crippen LogP contribution in [0.1, 0.15) is 5.56 Å². The zero-order valence-corrected chi connectivity index (χ0v) is 11.5. The molecule has 2 aromatic heterocycles. The van der Waals surface area contributed by atoms with E-state index in [-0.39, 0.29) is 5.56 Å². The standard InChI is InChI=1S/C17H13N3O/c1-11-6-2-5-9-15(11)20-17(21)13-10-18-14-8-4-3-7-12(14)16(13)19-20/h2-10,19H,1H3. The molecule has 0 aliphatic carbocycles. The Morgan fingerprint density at radius 2 is 1.76 bits per heavy atom. The first-order chi connectivity index (χ1) is 10.3. The van der Waals surface area contributed by atoms with E-state index in [0.29, 0.717) is 5.39 Å². The third kappa shape index (κ3) is 1.69. The summed E-state index contributed by atoms with van der Waals surface area (Å²) in [6, 6.07) is 15.6. The quantitative estimate of drug-likeness (QED) is 0.580. The first kappa shape index (κ1) is 11.9. The van der Waals surface area contributed by atoms with Crippen LogP contribution in [0.5, 0.6) is 0 Å². The second-order valence-electron chi connectivity index (χ2n) is 5.10. The minimum Gasteiger partial charge on any atom is -0.290 e. The predicted molar refractivity (Wildman–Crippen MR) is 83.9 cm³/mol. The number of pyridine rings is 1. The van der Waals surface area contributed by atoms with E-state index in [1.54, 1.807) is 10.9 Å². The molecule has 0 unspecified atom stereocenters. The van der Waals surface area contributed by atoms with Crippen molar-refractivity contribution in [2.75, 3.05) is 0 Å². The lowest BCUT2D eigenvalue weighted by atomic mass is 10.2. The van der Waals surface area contributed by atoms with Crippen molar-refractivity contribution < 1.29 is 0 Å². The number of aryl methyl sites for hydroxylation is 1. The van der Waals surface area contributed by atoms with Gasteiger partial charge < -0.3 is 0 Å². The van der Waals surface area contributed by atoms with Crippen molar-refractivity contribution in [1.29, 1.82) is 0 Å². The second-order valence-corrected chi connectivity index (χ2v) is 5.10. The lowest BCUT2D eigenvalue weighted by Crippen LogP contribution is -2.15. The molecule has 4 heteroatoms. The van der Waals surface area contributed by atoms with Crippen LogP contribution in [0.2, 0.25) is 0 Å². The van der Waals surface area contributed by atoms with Gasteiger partial charge in [0.1, 0.15) is 0 Å². The van der Waals surface area contributed by atoms with Gasteiger partial charge in [-0.3, -0.25) is 14.9 Å². The fourth-order valence-electron chi connectivity index (χ4n) is 2.69. The Balaban J connectivity index is 2.13. The molecule has 0 amide bonds. The summed E-state index contributed by atoms with van der Waals surface area (Å²) in [5.41, 5.74) is 3.54. The number of nitrogens with one attached hydrogen (secondary N) is 1. The van der Waals surface area contributed by atoms with Crippen molar-refractivity contribution in [2.24, 2.45) is 0 Å². The van der Waals surface area contributed by atoms with E-state index in [9.17, 15) is 4.79 Å². The Labute approximate surface area is 120 Å². The van der Waals surface area contributed by atoms with Crippen molar-refractivity contribution >= 4 is 21.8 Å². The molecule has 4 aromatic rings. The van der Waals surface area contributed by atoms with Crippen LogP contribution >= 0.6 is 0 Å². The highest BCUT2D eigenvalue weighted by Gasteiger charge is 2.12. The third-order valence-corrected chi connectivity index (χ3v) is 3.79. The molecule has 2 aromatic carbocycles. The molecule has 0 atom stereocenters. The van der Waals surface area contributed by atoms with E-state index < -0.39 is 0 Å². The summed E-state index contributed by atoms with van der Waals surface area (Å²) >= 11 is 0. The normalized spacial score (nSPS) is 11.3. The van der Waals surface area contributed by atoms with Crippen molar-refractivity contribution in [2.45, 2.75) is 6.92 Å². The van der Waals surface area contributed by atoms with Crippen LogP contribution in [0.3, 0.4) is 0 Å². The number of benzene rings is 2. The van der Waals surface area contributed by atoms with E-state index in [1.165, 1.54) is 0 Å². The molecule has 0 aliphatic rings. The number of rotatable bonds is 1. The largest absolute Gasteiger partial charge is 0.290 e. The number of hydrogen-bond donors (Lipinski definition) is 1. The van der Waals surface area contributed by atoms with E-state index in [4.69, 9.17) is 0 Å². The van der Waals surface area contributed by atoms with Crippen molar-refractivity contribution in [3.63, 3.8) is 0 Å². The number of para-hydroxylation sites is 2. The highest BCUT2D eigenvalue weighted by Crippen LogP contribution is 2.21. The number of nitrogens with zero attached hydrogens (tertiary/aromatic N) is 2. The molecule has 102 valence electrons. The summed E-state index contributed by atoms with van der Waals surface area (Å²) in [5, 5.41) is 4.79. The maximum atomic E-state index is 12.6. The Kier molecular flexibility index (Phi) is 2.44. The van der Waals surface area contributed by atoms with Gasteiger partial charge in [0, 0.05) is 11.6 Å². The molecule has 4 nitrogen and oxygen atoms in total. The summed E-state index contributed by atoms with van der Waals surface area (Å²) in [6.45, 7) is 1.99. The molecule has 2 heterocycles. The van der Waals surface area contributed by atoms with Gasteiger partial charge in [-0.15, -0.1) is 0 Å². The lowest BCUT2D eigenvalue weighted by molar-refractivity contribution is 0.857. The molecule has 0 radical (unpaired) electrons. The molecule has 1 N–H and O–H groups in total. The van der Waals surface area contributed by atoms with Gasteiger partial charge in [-0.2, -0.15) is 0 Å². The van der Waals surface area contributed by atoms with Crippen LogP contribution in [0, 0.1) is 6.92 Å². The summed E-state index contributed by atoms with van der Waals surface area (Å²) in [5.74, 6) is 0. The van der Waals surface area contributed by atoms with Gasteiger partial charge >= 0.3 is 0 Å². The van der Waals surface area contributed by atoms with Gasteiger partial charge in [0.05, 0.1) is 22.1 Å². The molecular formula is C17H13N3O. The van der Waals surface area contributed by atoms with E-state index in [2.05, 4.69) is 10.1 Å². The number of aromatic nitrogens is 3. The molecular weight excluding hydrogens is 262 g/mol. The molecule has 0 fully saturated rings. The summed E-state index contributed by atoms with van der Waals surface area (Å²) in [6.07, 6.45) is 1.64. The minimum atomic E-state index is -0.0717. The number of aromatic amines is 1. The highest BCUT2D eigenvalue weighted by molar-refractivity contribution is 6.02. The minimum absolute atomic E-state index is 0.0717. The number of H-pyrrole nitrogens is 1. The molecule has 0 saturated heterocycles. The molecule has 0 aliphatic heterocycles. The topological polar surface area (TPSA) is 50.7 Å². The fourth-order valence-corrected chi connectivity index (χ4v) is 2.69. The van der Waals surface area contributed by atoms with Crippen molar-refractivity contribution in [3.8, 4) is 5.69 Å². The van der Waals surface area contributed by atoms with Crippen molar-refractivity contribution in [1.82, 2.24) is 14.8 Å². The molecule has 0 spiro atoms. The first-order valence-electron chi connectivity index (χ1n) is 6.80. The summed E-state index contributed by atoms with van der Waals surface area (Å²) in [4.78, 5) is 17.0. The van der Waals surface area contributed by atoms with Gasteiger partial charge in [-0.25, -0.2) is 4.68 Å². The monoisotopic (exact) mass is 275 g/mol. The third-order valence-electron chi connectivity index (χ3n) is 3.79. The van der Waals surface area contributed by atoms with Crippen LogP contribution in [0.15, 0.2) is 59.5 Å². The first-order valence-corrected chi connectivity index (χ1v) is 6.80. The average Bonchev–Trinajstić information content (AvgIpc) is 2.85. The molecule has 21 heavy (non-hydrogen) atoms. The SMILES string of the molecule is Cc1ccccc1-n1[nH]c2c(cnc3ccccc32)c1=O. The number of fused-ring (bicyclic) bond motifs is 3. The molecule has 4 rings (SSSR count). The smallest absolute Gasteiger partial charge is 0.280 e. The van der Waals surface area contributed by atoms with Gasteiger partial charge in [-0.05, 0) is 24.6 Å². The summed E-state index contributed by atoms with van der Waals surface area (Å²) < 4.78 is 1.59. The van der Waals surface area contributed by atoms with Crippen molar-refractivity contribution in [3.05, 3.63) is 70.6 Å². The van der Waals surface area contributed by atoms with E-state index in [0.717, 1.165) is 27.7 Å². The Hall–Kier alpha value is -2.88. The van der Waals surface area contributed by atoms with Crippen LogP contribution in [-0.4, -0.2) is 14.8 Å². The number of hydrogen-bond acceptors (Lipinski definition) is 2. The predicted octanol–water partition coefficient (Wildman–Crippen LogP) is 3.18.